The van der Waals surface area contributed by atoms with Crippen LogP contribution in [0.1, 0.15) is 25.0 Å². The van der Waals surface area contributed by atoms with E-state index < -0.39 is 35.6 Å². The van der Waals surface area contributed by atoms with Gasteiger partial charge in [-0.05, 0) is 24.6 Å². The van der Waals surface area contributed by atoms with Crippen molar-refractivity contribution in [2.24, 2.45) is 0 Å². The number of hydrogen-bond acceptors (Lipinski definition) is 5. The molecule has 22 heavy (non-hydrogen) atoms. The number of phenolic OH excluding ortho intramolecular Hbond substituents is 1. The number of rotatable bonds is 6. The number of phenols is 1. The molecule has 0 aliphatic carbocycles. The minimum Gasteiger partial charge on any atom is -0.508 e. The first-order valence-electron chi connectivity index (χ1n) is 6.29. The molecule has 1 aromatic rings. The predicted octanol–water partition coefficient (Wildman–Crippen LogP) is 1.21. The Hall–Kier alpha value is -2.00. The number of hydrogen-bond donors (Lipinski definition) is 4. The minimum atomic E-state index is -4.98. The Morgan fingerprint density at radius 3 is 2.55 bits per heavy atom. The standard InChI is InChI=1S/C13H16F3NO5/c1-7(18)17-5-4-10(20)12(21)9-6-8(19)2-3-11(9)22-13(14,15)16/h2-3,6,10,12,19-21H,4-5H2,1H3,(H,17,18). The van der Waals surface area contributed by atoms with Gasteiger partial charge in [-0.25, -0.2) is 0 Å². The number of halogens is 3. The zero-order valence-electron chi connectivity index (χ0n) is 11.6. The Morgan fingerprint density at radius 1 is 1.36 bits per heavy atom. The van der Waals surface area contributed by atoms with E-state index in [0.29, 0.717) is 0 Å². The second-order valence-electron chi connectivity index (χ2n) is 4.55. The van der Waals surface area contributed by atoms with Gasteiger partial charge in [0.05, 0.1) is 6.10 Å². The fourth-order valence-corrected chi connectivity index (χ4v) is 1.75. The monoisotopic (exact) mass is 323 g/mol. The molecular formula is C13H16F3NO5. The maximum atomic E-state index is 12.3. The molecule has 0 aliphatic rings. The minimum absolute atomic E-state index is 0.0296. The number of carbonyl (C=O) groups is 1. The molecule has 2 unspecified atom stereocenters. The van der Waals surface area contributed by atoms with E-state index in [1.807, 2.05) is 0 Å². The van der Waals surface area contributed by atoms with E-state index in [1.165, 1.54) is 6.92 Å². The van der Waals surface area contributed by atoms with Gasteiger partial charge >= 0.3 is 6.36 Å². The van der Waals surface area contributed by atoms with Crippen LogP contribution < -0.4 is 10.1 Å². The molecule has 0 aliphatic heterocycles. The largest absolute Gasteiger partial charge is 0.573 e. The van der Waals surface area contributed by atoms with Gasteiger partial charge < -0.3 is 25.4 Å². The quantitative estimate of drug-likeness (QED) is 0.631. The van der Waals surface area contributed by atoms with Crippen LogP contribution in [-0.2, 0) is 4.79 Å². The third-order valence-corrected chi connectivity index (χ3v) is 2.72. The van der Waals surface area contributed by atoms with Crippen LogP contribution in [0.2, 0.25) is 0 Å². The van der Waals surface area contributed by atoms with Crippen LogP contribution in [0.3, 0.4) is 0 Å². The molecule has 0 spiro atoms. The third-order valence-electron chi connectivity index (χ3n) is 2.72. The number of aliphatic hydroxyl groups excluding tert-OH is 2. The van der Waals surface area contributed by atoms with Crippen molar-refractivity contribution in [2.45, 2.75) is 31.9 Å². The molecule has 0 fully saturated rings. The van der Waals surface area contributed by atoms with Crippen LogP contribution in [0, 0.1) is 0 Å². The first-order valence-corrected chi connectivity index (χ1v) is 6.29. The Kier molecular flexibility index (Phi) is 6.01. The summed E-state index contributed by atoms with van der Waals surface area (Å²) < 4.78 is 40.7. The topological polar surface area (TPSA) is 99.0 Å². The van der Waals surface area contributed by atoms with Crippen molar-refractivity contribution < 1.29 is 38.0 Å². The molecule has 0 saturated carbocycles. The Balaban J connectivity index is 2.88. The number of ether oxygens (including phenoxy) is 1. The molecule has 0 radical (unpaired) electrons. The average molecular weight is 323 g/mol. The summed E-state index contributed by atoms with van der Waals surface area (Å²) >= 11 is 0. The molecule has 9 heteroatoms. The summed E-state index contributed by atoms with van der Waals surface area (Å²) in [4.78, 5) is 10.7. The second-order valence-corrected chi connectivity index (χ2v) is 4.55. The molecule has 1 aromatic carbocycles. The maximum absolute atomic E-state index is 12.3. The van der Waals surface area contributed by atoms with Gasteiger partial charge in [0.25, 0.3) is 0 Å². The lowest BCUT2D eigenvalue weighted by atomic mass is 10.0. The number of amides is 1. The van der Waals surface area contributed by atoms with E-state index >= 15 is 0 Å². The summed E-state index contributed by atoms with van der Waals surface area (Å²) in [6.45, 7) is 1.29. The molecule has 6 nitrogen and oxygen atoms in total. The Morgan fingerprint density at radius 2 is 2.00 bits per heavy atom. The molecule has 0 aromatic heterocycles. The van der Waals surface area contributed by atoms with Crippen LogP contribution in [0.4, 0.5) is 13.2 Å². The van der Waals surface area contributed by atoms with Gasteiger partial charge in [0.15, 0.2) is 0 Å². The fourth-order valence-electron chi connectivity index (χ4n) is 1.75. The number of alkyl halides is 3. The zero-order chi connectivity index (χ0) is 16.9. The van der Waals surface area contributed by atoms with Crippen molar-refractivity contribution in [1.29, 1.82) is 0 Å². The molecule has 2 atom stereocenters. The predicted molar refractivity (Wildman–Crippen MR) is 69.1 cm³/mol. The highest BCUT2D eigenvalue weighted by atomic mass is 19.4. The number of aliphatic hydroxyl groups is 2. The van der Waals surface area contributed by atoms with E-state index in [2.05, 4.69) is 10.1 Å². The van der Waals surface area contributed by atoms with Crippen molar-refractivity contribution in [2.75, 3.05) is 6.54 Å². The van der Waals surface area contributed by atoms with Crippen LogP contribution in [0.25, 0.3) is 0 Å². The Labute approximate surface area is 124 Å². The molecule has 1 amide bonds. The maximum Gasteiger partial charge on any atom is 0.573 e. The van der Waals surface area contributed by atoms with Crippen LogP contribution in [-0.4, -0.2) is 40.2 Å². The molecule has 0 heterocycles. The van der Waals surface area contributed by atoms with Crippen LogP contribution in [0.5, 0.6) is 11.5 Å². The third kappa shape index (κ3) is 5.78. The normalized spacial score (nSPS) is 14.3. The average Bonchev–Trinajstić information content (AvgIpc) is 2.38. The van der Waals surface area contributed by atoms with Gasteiger partial charge in [-0.15, -0.1) is 13.2 Å². The second kappa shape index (κ2) is 7.32. The number of carbonyl (C=O) groups excluding carboxylic acids is 1. The van der Waals surface area contributed by atoms with Gasteiger partial charge in [-0.1, -0.05) is 0 Å². The van der Waals surface area contributed by atoms with E-state index in [4.69, 9.17) is 0 Å². The van der Waals surface area contributed by atoms with Crippen LogP contribution >= 0.6 is 0 Å². The summed E-state index contributed by atoms with van der Waals surface area (Å²) in [7, 11) is 0. The summed E-state index contributed by atoms with van der Waals surface area (Å²) in [5.41, 5.74) is -0.410. The Bertz CT molecular complexity index is 521. The summed E-state index contributed by atoms with van der Waals surface area (Å²) in [5, 5.41) is 31.4. The van der Waals surface area contributed by atoms with Crippen molar-refractivity contribution in [3.8, 4) is 11.5 Å². The lowest BCUT2D eigenvalue weighted by Crippen LogP contribution is -2.28. The smallest absolute Gasteiger partial charge is 0.508 e. The van der Waals surface area contributed by atoms with Crippen molar-refractivity contribution in [3.63, 3.8) is 0 Å². The van der Waals surface area contributed by atoms with Gasteiger partial charge in [-0.2, -0.15) is 0 Å². The van der Waals surface area contributed by atoms with Gasteiger partial charge in [0.2, 0.25) is 5.91 Å². The number of aromatic hydroxyl groups is 1. The van der Waals surface area contributed by atoms with E-state index in [-0.39, 0.29) is 18.9 Å². The lowest BCUT2D eigenvalue weighted by Gasteiger charge is -2.21. The van der Waals surface area contributed by atoms with Crippen molar-refractivity contribution in [3.05, 3.63) is 23.8 Å². The molecule has 4 N–H and O–H groups in total. The SMILES string of the molecule is CC(=O)NCCC(O)C(O)c1cc(O)ccc1OC(F)(F)F. The number of nitrogens with one attached hydrogen (secondary N) is 1. The fraction of sp³-hybridized carbons (Fsp3) is 0.462. The van der Waals surface area contributed by atoms with E-state index in [1.54, 1.807) is 0 Å². The van der Waals surface area contributed by atoms with Gasteiger partial charge in [0, 0.05) is 19.0 Å². The summed E-state index contributed by atoms with van der Waals surface area (Å²) in [6.07, 6.45) is -8.25. The molecular weight excluding hydrogens is 307 g/mol. The molecule has 0 saturated heterocycles. The van der Waals surface area contributed by atoms with Crippen LogP contribution in [0.15, 0.2) is 18.2 Å². The first kappa shape index (κ1) is 18.1. The zero-order valence-corrected chi connectivity index (χ0v) is 11.6. The highest BCUT2D eigenvalue weighted by Gasteiger charge is 2.34. The molecule has 0 bridgehead atoms. The summed E-state index contributed by atoms with van der Waals surface area (Å²) in [5.74, 6) is -1.46. The molecule has 124 valence electrons. The summed E-state index contributed by atoms with van der Waals surface area (Å²) in [6, 6.07) is 2.66. The van der Waals surface area contributed by atoms with E-state index in [0.717, 1.165) is 18.2 Å². The highest BCUT2D eigenvalue weighted by molar-refractivity contribution is 5.72. The lowest BCUT2D eigenvalue weighted by molar-refractivity contribution is -0.275. The van der Waals surface area contributed by atoms with Crippen molar-refractivity contribution in [1.82, 2.24) is 5.32 Å². The highest BCUT2D eigenvalue weighted by Crippen LogP contribution is 2.34. The first-order chi connectivity index (χ1) is 10.1. The van der Waals surface area contributed by atoms with Gasteiger partial charge in [0.1, 0.15) is 17.6 Å². The van der Waals surface area contributed by atoms with E-state index in [9.17, 15) is 33.3 Å². The number of benzene rings is 1. The van der Waals surface area contributed by atoms with Gasteiger partial charge in [-0.3, -0.25) is 4.79 Å². The van der Waals surface area contributed by atoms with Crippen molar-refractivity contribution >= 4 is 5.91 Å². The molecule has 1 rings (SSSR count).